The second kappa shape index (κ2) is 6.15. The summed E-state index contributed by atoms with van der Waals surface area (Å²) in [6.07, 6.45) is 4.65. The zero-order valence-electron chi connectivity index (χ0n) is 10.9. The molecule has 5 nitrogen and oxygen atoms in total. The van der Waals surface area contributed by atoms with Gasteiger partial charge in [0.2, 0.25) is 0 Å². The highest BCUT2D eigenvalue weighted by atomic mass is 16.5. The maximum absolute atomic E-state index is 11.3. The molecule has 0 atom stereocenters. The normalized spacial score (nSPS) is 10.4. The van der Waals surface area contributed by atoms with Gasteiger partial charge >= 0.3 is 5.97 Å². The van der Waals surface area contributed by atoms with Gasteiger partial charge in [0.05, 0.1) is 25.4 Å². The van der Waals surface area contributed by atoms with Gasteiger partial charge in [0, 0.05) is 6.20 Å². The van der Waals surface area contributed by atoms with Crippen molar-refractivity contribution in [2.24, 2.45) is 5.73 Å². The molecule has 19 heavy (non-hydrogen) atoms. The van der Waals surface area contributed by atoms with E-state index in [1.54, 1.807) is 12.1 Å². The van der Waals surface area contributed by atoms with Crippen LogP contribution in [0.15, 0.2) is 36.7 Å². The van der Waals surface area contributed by atoms with E-state index in [9.17, 15) is 4.79 Å². The van der Waals surface area contributed by atoms with Crippen molar-refractivity contribution in [1.82, 2.24) is 9.78 Å². The van der Waals surface area contributed by atoms with E-state index >= 15 is 0 Å². The lowest BCUT2D eigenvalue weighted by molar-refractivity contribution is 0.0600. The molecule has 0 aliphatic heterocycles. The van der Waals surface area contributed by atoms with Crippen LogP contribution in [0.3, 0.4) is 0 Å². The first kappa shape index (κ1) is 13.3. The standard InChI is InChI=1S/C14H17N3O2/c1-19-14(18)13-4-2-11(3-5-13)9-17-10-12(6-7-15)8-16-17/h2-5,8,10H,6-7,9,15H2,1H3. The maximum Gasteiger partial charge on any atom is 0.337 e. The number of nitrogens with two attached hydrogens (primary N) is 1. The molecule has 0 aliphatic rings. The summed E-state index contributed by atoms with van der Waals surface area (Å²) in [5, 5.41) is 4.27. The fraction of sp³-hybridized carbons (Fsp3) is 0.286. The van der Waals surface area contributed by atoms with E-state index in [0.717, 1.165) is 17.5 Å². The number of methoxy groups -OCH3 is 1. The van der Waals surface area contributed by atoms with Crippen LogP contribution in [-0.4, -0.2) is 29.4 Å². The number of aromatic nitrogens is 2. The quantitative estimate of drug-likeness (QED) is 0.820. The first-order valence-electron chi connectivity index (χ1n) is 6.11. The van der Waals surface area contributed by atoms with Gasteiger partial charge in [-0.25, -0.2) is 4.79 Å². The van der Waals surface area contributed by atoms with Gasteiger partial charge in [-0.15, -0.1) is 0 Å². The fourth-order valence-electron chi connectivity index (χ4n) is 1.84. The molecule has 0 saturated heterocycles. The van der Waals surface area contributed by atoms with Crippen LogP contribution in [-0.2, 0) is 17.7 Å². The number of carbonyl (C=O) groups excluding carboxylic acids is 1. The van der Waals surface area contributed by atoms with Crippen LogP contribution in [0.25, 0.3) is 0 Å². The Kier molecular flexibility index (Phi) is 4.30. The largest absolute Gasteiger partial charge is 0.465 e. The Hall–Kier alpha value is -2.14. The molecule has 2 rings (SSSR count). The number of rotatable bonds is 5. The van der Waals surface area contributed by atoms with E-state index < -0.39 is 0 Å². The van der Waals surface area contributed by atoms with Gasteiger partial charge in [-0.2, -0.15) is 5.10 Å². The Morgan fingerprint density at radius 2 is 2.05 bits per heavy atom. The van der Waals surface area contributed by atoms with Crippen molar-refractivity contribution in [3.63, 3.8) is 0 Å². The third-order valence-electron chi connectivity index (χ3n) is 2.84. The second-order valence-corrected chi connectivity index (χ2v) is 4.27. The zero-order valence-corrected chi connectivity index (χ0v) is 10.9. The molecule has 0 aliphatic carbocycles. The minimum atomic E-state index is -0.323. The summed E-state index contributed by atoms with van der Waals surface area (Å²) in [5.41, 5.74) is 8.26. The first-order chi connectivity index (χ1) is 9.22. The topological polar surface area (TPSA) is 70.1 Å². The van der Waals surface area contributed by atoms with Crippen molar-refractivity contribution >= 4 is 5.97 Å². The highest BCUT2D eigenvalue weighted by molar-refractivity contribution is 5.89. The molecule has 0 radical (unpaired) electrons. The van der Waals surface area contributed by atoms with Gasteiger partial charge in [0.1, 0.15) is 0 Å². The minimum absolute atomic E-state index is 0.323. The SMILES string of the molecule is COC(=O)c1ccc(Cn2cc(CCN)cn2)cc1. The number of hydrogen-bond acceptors (Lipinski definition) is 4. The summed E-state index contributed by atoms with van der Waals surface area (Å²) < 4.78 is 6.52. The van der Waals surface area contributed by atoms with Crippen molar-refractivity contribution in [2.75, 3.05) is 13.7 Å². The highest BCUT2D eigenvalue weighted by Crippen LogP contribution is 2.08. The van der Waals surface area contributed by atoms with Gasteiger partial charge in [-0.1, -0.05) is 12.1 Å². The van der Waals surface area contributed by atoms with Crippen molar-refractivity contribution in [2.45, 2.75) is 13.0 Å². The Morgan fingerprint density at radius 3 is 2.68 bits per heavy atom. The number of carbonyl (C=O) groups is 1. The average Bonchev–Trinajstić information content (AvgIpc) is 2.86. The zero-order chi connectivity index (χ0) is 13.7. The predicted molar refractivity (Wildman–Crippen MR) is 71.9 cm³/mol. The minimum Gasteiger partial charge on any atom is -0.465 e. The molecule has 0 fully saturated rings. The summed E-state index contributed by atoms with van der Waals surface area (Å²) in [7, 11) is 1.37. The van der Waals surface area contributed by atoms with Crippen molar-refractivity contribution in [3.8, 4) is 0 Å². The summed E-state index contributed by atoms with van der Waals surface area (Å²) in [6.45, 7) is 1.30. The van der Waals surface area contributed by atoms with Crippen LogP contribution >= 0.6 is 0 Å². The molecule has 2 aromatic rings. The average molecular weight is 259 g/mol. The summed E-state index contributed by atoms with van der Waals surface area (Å²) in [6, 6.07) is 7.31. The molecule has 5 heteroatoms. The van der Waals surface area contributed by atoms with Crippen molar-refractivity contribution in [1.29, 1.82) is 0 Å². The lowest BCUT2D eigenvalue weighted by Gasteiger charge is -2.03. The summed E-state index contributed by atoms with van der Waals surface area (Å²) >= 11 is 0. The summed E-state index contributed by atoms with van der Waals surface area (Å²) in [5.74, 6) is -0.323. The fourth-order valence-corrected chi connectivity index (χ4v) is 1.84. The Balaban J connectivity index is 2.04. The van der Waals surface area contributed by atoms with E-state index in [2.05, 4.69) is 9.84 Å². The number of benzene rings is 1. The van der Waals surface area contributed by atoms with Gasteiger partial charge < -0.3 is 10.5 Å². The van der Waals surface area contributed by atoms with Crippen LogP contribution in [0.1, 0.15) is 21.5 Å². The van der Waals surface area contributed by atoms with Crippen LogP contribution < -0.4 is 5.73 Å². The lowest BCUT2D eigenvalue weighted by Crippen LogP contribution is -2.04. The molecule has 0 amide bonds. The van der Waals surface area contributed by atoms with E-state index in [4.69, 9.17) is 5.73 Å². The van der Waals surface area contributed by atoms with Crippen molar-refractivity contribution in [3.05, 3.63) is 53.3 Å². The molecule has 0 bridgehead atoms. The van der Waals surface area contributed by atoms with Gasteiger partial charge in [0.25, 0.3) is 0 Å². The smallest absolute Gasteiger partial charge is 0.337 e. The molecular formula is C14H17N3O2. The number of nitrogens with zero attached hydrogens (tertiary/aromatic N) is 2. The number of esters is 1. The Morgan fingerprint density at radius 1 is 1.32 bits per heavy atom. The number of hydrogen-bond donors (Lipinski definition) is 1. The molecule has 0 spiro atoms. The third kappa shape index (κ3) is 3.42. The molecule has 1 heterocycles. The lowest BCUT2D eigenvalue weighted by atomic mass is 10.1. The maximum atomic E-state index is 11.3. The summed E-state index contributed by atoms with van der Waals surface area (Å²) in [4.78, 5) is 11.3. The number of ether oxygens (including phenoxy) is 1. The van der Waals surface area contributed by atoms with E-state index in [-0.39, 0.29) is 5.97 Å². The van der Waals surface area contributed by atoms with E-state index in [1.165, 1.54) is 7.11 Å². The van der Waals surface area contributed by atoms with Crippen LogP contribution in [0, 0.1) is 0 Å². The van der Waals surface area contributed by atoms with Gasteiger partial charge in [-0.05, 0) is 36.2 Å². The molecule has 1 aromatic heterocycles. The Bertz CT molecular complexity index is 546. The van der Waals surface area contributed by atoms with Crippen molar-refractivity contribution < 1.29 is 9.53 Å². The van der Waals surface area contributed by atoms with Crippen LogP contribution in [0.2, 0.25) is 0 Å². The molecule has 2 N–H and O–H groups in total. The van der Waals surface area contributed by atoms with E-state index in [1.807, 2.05) is 29.2 Å². The Labute approximate surface area is 112 Å². The van der Waals surface area contributed by atoms with Gasteiger partial charge in [-0.3, -0.25) is 4.68 Å². The molecule has 100 valence electrons. The molecular weight excluding hydrogens is 242 g/mol. The monoisotopic (exact) mass is 259 g/mol. The predicted octanol–water partition coefficient (Wildman–Crippen LogP) is 1.22. The molecule has 0 saturated carbocycles. The molecule has 1 aromatic carbocycles. The van der Waals surface area contributed by atoms with Crippen LogP contribution in [0.4, 0.5) is 0 Å². The van der Waals surface area contributed by atoms with Crippen LogP contribution in [0.5, 0.6) is 0 Å². The second-order valence-electron chi connectivity index (χ2n) is 4.27. The first-order valence-corrected chi connectivity index (χ1v) is 6.11. The third-order valence-corrected chi connectivity index (χ3v) is 2.84. The van der Waals surface area contributed by atoms with Gasteiger partial charge in [0.15, 0.2) is 0 Å². The van der Waals surface area contributed by atoms with E-state index in [0.29, 0.717) is 18.7 Å². The highest BCUT2D eigenvalue weighted by Gasteiger charge is 2.05. The molecule has 0 unspecified atom stereocenters.